The first kappa shape index (κ1) is 22.1. The number of nitrogens with one attached hydrogen (secondary N) is 1. The Labute approximate surface area is 210 Å². The molecule has 6 rings (SSSR count). The highest BCUT2D eigenvalue weighted by Crippen LogP contribution is 2.47. The van der Waals surface area contributed by atoms with Crippen molar-refractivity contribution in [3.8, 4) is 0 Å². The highest BCUT2D eigenvalue weighted by Gasteiger charge is 2.42. The summed E-state index contributed by atoms with van der Waals surface area (Å²) in [6.45, 7) is 2.00. The van der Waals surface area contributed by atoms with Gasteiger partial charge in [-0.3, -0.25) is 14.5 Å². The lowest BCUT2D eigenvalue weighted by Crippen LogP contribution is -2.38. The van der Waals surface area contributed by atoms with Crippen molar-refractivity contribution >= 4 is 23.1 Å². The number of rotatable bonds is 3. The lowest BCUT2D eigenvalue weighted by atomic mass is 9.80. The Balaban J connectivity index is 1.56. The number of allylic oxidation sites excluding steroid dienone is 1. The van der Waals surface area contributed by atoms with Gasteiger partial charge < -0.3 is 9.73 Å². The number of carbonyl (C=O) groups excluding carboxylic acids is 2. The van der Waals surface area contributed by atoms with Gasteiger partial charge in [-0.05, 0) is 55.3 Å². The van der Waals surface area contributed by atoms with Crippen LogP contribution in [0.3, 0.4) is 0 Å². The number of ketones is 1. The molecule has 0 fully saturated rings. The van der Waals surface area contributed by atoms with Gasteiger partial charge in [-0.2, -0.15) is 0 Å². The van der Waals surface area contributed by atoms with E-state index in [1.165, 1.54) is 0 Å². The summed E-state index contributed by atoms with van der Waals surface area (Å²) in [7, 11) is 0. The summed E-state index contributed by atoms with van der Waals surface area (Å²) in [6, 6.07) is 28.4. The van der Waals surface area contributed by atoms with E-state index in [0.29, 0.717) is 24.0 Å². The van der Waals surface area contributed by atoms with Gasteiger partial charge in [0.1, 0.15) is 5.76 Å². The number of amides is 1. The first-order valence-corrected chi connectivity index (χ1v) is 12.2. The van der Waals surface area contributed by atoms with Crippen molar-refractivity contribution in [2.75, 3.05) is 10.2 Å². The number of Topliss-reactive ketones (excluding diaryl/α,β-unsaturated/α-hetero) is 1. The molecule has 2 heterocycles. The lowest BCUT2D eigenvalue weighted by molar-refractivity contribution is -0.116. The van der Waals surface area contributed by atoms with Gasteiger partial charge in [0.25, 0.3) is 5.91 Å². The fourth-order valence-electron chi connectivity index (χ4n) is 5.32. The Morgan fingerprint density at radius 3 is 2.39 bits per heavy atom. The lowest BCUT2D eigenvalue weighted by Gasteiger charge is -2.35. The summed E-state index contributed by atoms with van der Waals surface area (Å²) in [4.78, 5) is 29.9. The van der Waals surface area contributed by atoms with Crippen LogP contribution in [0.4, 0.5) is 11.4 Å². The zero-order valence-corrected chi connectivity index (χ0v) is 20.0. The normalized spacial score (nSPS) is 19.2. The first-order chi connectivity index (χ1) is 17.6. The van der Waals surface area contributed by atoms with Crippen LogP contribution in [0, 0.1) is 6.92 Å². The minimum atomic E-state index is -0.559. The van der Waals surface area contributed by atoms with Crippen molar-refractivity contribution in [3.05, 3.63) is 131 Å². The maximum absolute atomic E-state index is 14.2. The standard InChI is InChI=1S/C31H26N2O3/c1-20-13-15-22(16-14-20)31(35)33-26-11-6-5-10-24(26)32-25-18-23(28-12-7-17-36-28)19-27(34)29(25)30(33)21-8-3-2-4-9-21/h2-17,23,30,32H,18-19H2,1H3/t23-,30+/m1/s1. The quantitative estimate of drug-likeness (QED) is 0.355. The van der Waals surface area contributed by atoms with Gasteiger partial charge in [0, 0.05) is 29.2 Å². The molecule has 0 saturated carbocycles. The molecular weight excluding hydrogens is 448 g/mol. The van der Waals surface area contributed by atoms with Gasteiger partial charge in [-0.1, -0.05) is 60.2 Å². The molecule has 0 radical (unpaired) electrons. The van der Waals surface area contributed by atoms with Crippen LogP contribution in [-0.4, -0.2) is 11.7 Å². The third kappa shape index (κ3) is 3.83. The Hall–Kier alpha value is -4.38. The summed E-state index contributed by atoms with van der Waals surface area (Å²) in [5, 5.41) is 3.55. The predicted molar refractivity (Wildman–Crippen MR) is 140 cm³/mol. The molecule has 36 heavy (non-hydrogen) atoms. The van der Waals surface area contributed by atoms with Crippen molar-refractivity contribution in [1.82, 2.24) is 0 Å². The van der Waals surface area contributed by atoms with Gasteiger partial charge in [0.2, 0.25) is 0 Å². The molecule has 5 heteroatoms. The zero-order valence-electron chi connectivity index (χ0n) is 20.0. The molecule has 178 valence electrons. The molecule has 5 nitrogen and oxygen atoms in total. The fraction of sp³-hybridized carbons (Fsp3) is 0.161. The van der Waals surface area contributed by atoms with E-state index in [0.717, 1.165) is 34.0 Å². The van der Waals surface area contributed by atoms with Gasteiger partial charge in [-0.15, -0.1) is 0 Å². The van der Waals surface area contributed by atoms with Crippen molar-refractivity contribution in [2.45, 2.75) is 31.7 Å². The average molecular weight is 475 g/mol. The van der Waals surface area contributed by atoms with Crippen LogP contribution >= 0.6 is 0 Å². The van der Waals surface area contributed by atoms with Crippen LogP contribution < -0.4 is 10.2 Å². The fourth-order valence-corrected chi connectivity index (χ4v) is 5.32. The summed E-state index contributed by atoms with van der Waals surface area (Å²) in [5.41, 5.74) is 5.59. The average Bonchev–Trinajstić information content (AvgIpc) is 3.39. The number of anilines is 2. The molecule has 2 aliphatic rings. The SMILES string of the molecule is Cc1ccc(C(=O)N2c3ccccc3NC3=C(C(=O)C[C@H](c4ccco4)C3)[C@@H]2c2ccccc2)cc1. The summed E-state index contributed by atoms with van der Waals surface area (Å²) < 4.78 is 5.67. The van der Waals surface area contributed by atoms with Crippen molar-refractivity contribution in [1.29, 1.82) is 0 Å². The molecule has 1 aliphatic carbocycles. The minimum Gasteiger partial charge on any atom is -0.469 e. The van der Waals surface area contributed by atoms with Crippen LogP contribution in [0.15, 0.2) is 113 Å². The van der Waals surface area contributed by atoms with E-state index < -0.39 is 6.04 Å². The number of para-hydroxylation sites is 2. The summed E-state index contributed by atoms with van der Waals surface area (Å²) in [5.74, 6) is 0.626. The minimum absolute atomic E-state index is 0.0218. The molecule has 1 aromatic heterocycles. The van der Waals surface area contributed by atoms with Crippen LogP contribution in [0.25, 0.3) is 0 Å². The molecule has 3 aromatic carbocycles. The third-order valence-corrected chi connectivity index (χ3v) is 7.07. The third-order valence-electron chi connectivity index (χ3n) is 7.07. The molecule has 0 bridgehead atoms. The van der Waals surface area contributed by atoms with E-state index in [9.17, 15) is 9.59 Å². The molecule has 4 aromatic rings. The number of nitrogens with zero attached hydrogens (tertiary/aromatic N) is 1. The maximum atomic E-state index is 14.2. The van der Waals surface area contributed by atoms with E-state index >= 15 is 0 Å². The largest absolute Gasteiger partial charge is 0.469 e. The summed E-state index contributed by atoms with van der Waals surface area (Å²) >= 11 is 0. The Kier molecular flexibility index (Phi) is 5.53. The Morgan fingerprint density at radius 1 is 0.889 bits per heavy atom. The number of hydrogen-bond acceptors (Lipinski definition) is 4. The van der Waals surface area contributed by atoms with E-state index in [4.69, 9.17) is 4.42 Å². The molecule has 0 saturated heterocycles. The Bertz CT molecular complexity index is 1450. The highest BCUT2D eigenvalue weighted by molar-refractivity contribution is 6.12. The monoisotopic (exact) mass is 474 g/mol. The number of carbonyl (C=O) groups is 2. The van der Waals surface area contributed by atoms with E-state index in [-0.39, 0.29) is 17.6 Å². The highest BCUT2D eigenvalue weighted by atomic mass is 16.3. The zero-order chi connectivity index (χ0) is 24.6. The van der Waals surface area contributed by atoms with E-state index in [2.05, 4.69) is 5.32 Å². The molecule has 1 N–H and O–H groups in total. The second-order valence-corrected chi connectivity index (χ2v) is 9.43. The maximum Gasteiger partial charge on any atom is 0.259 e. The van der Waals surface area contributed by atoms with Gasteiger partial charge in [0.15, 0.2) is 5.78 Å². The molecule has 2 atom stereocenters. The molecule has 1 aliphatic heterocycles. The Morgan fingerprint density at radius 2 is 1.64 bits per heavy atom. The molecule has 0 unspecified atom stereocenters. The van der Waals surface area contributed by atoms with Crippen molar-refractivity contribution in [3.63, 3.8) is 0 Å². The number of hydrogen-bond donors (Lipinski definition) is 1. The van der Waals surface area contributed by atoms with Crippen LogP contribution in [0.5, 0.6) is 0 Å². The van der Waals surface area contributed by atoms with Gasteiger partial charge in [0.05, 0.1) is 23.7 Å². The number of furan rings is 1. The first-order valence-electron chi connectivity index (χ1n) is 12.2. The van der Waals surface area contributed by atoms with Crippen molar-refractivity contribution < 1.29 is 14.0 Å². The van der Waals surface area contributed by atoms with Crippen molar-refractivity contribution in [2.24, 2.45) is 0 Å². The number of benzene rings is 3. The molecule has 1 amide bonds. The van der Waals surface area contributed by atoms with Gasteiger partial charge in [-0.25, -0.2) is 0 Å². The number of aryl methyl sites for hydroxylation is 1. The van der Waals surface area contributed by atoms with Crippen LogP contribution in [-0.2, 0) is 4.79 Å². The number of fused-ring (bicyclic) bond motifs is 1. The second kappa shape index (κ2) is 9.00. The van der Waals surface area contributed by atoms with Gasteiger partial charge >= 0.3 is 0 Å². The van der Waals surface area contributed by atoms with E-state index in [1.807, 2.05) is 97.9 Å². The van der Waals surface area contributed by atoms with Crippen LogP contribution in [0.1, 0.15) is 52.0 Å². The molecular formula is C31H26N2O3. The van der Waals surface area contributed by atoms with Crippen LogP contribution in [0.2, 0.25) is 0 Å². The molecule has 0 spiro atoms. The topological polar surface area (TPSA) is 62.6 Å². The summed E-state index contributed by atoms with van der Waals surface area (Å²) in [6.07, 6.45) is 2.60. The van der Waals surface area contributed by atoms with E-state index in [1.54, 1.807) is 11.2 Å². The second-order valence-electron chi connectivity index (χ2n) is 9.43. The predicted octanol–water partition coefficient (Wildman–Crippen LogP) is 6.80. The smallest absolute Gasteiger partial charge is 0.259 e.